The lowest BCUT2D eigenvalue weighted by molar-refractivity contribution is -0.110. The molecule has 5 rings (SSSR count). The average Bonchev–Trinajstić information content (AvgIpc) is 3.37. The molecule has 1 aromatic heterocycles. The number of amides is 2. The van der Waals surface area contributed by atoms with E-state index in [4.69, 9.17) is 0 Å². The van der Waals surface area contributed by atoms with E-state index in [1.54, 1.807) is 0 Å². The van der Waals surface area contributed by atoms with Crippen LogP contribution in [0, 0.1) is 6.92 Å². The highest BCUT2D eigenvalue weighted by molar-refractivity contribution is 6.35. The van der Waals surface area contributed by atoms with Crippen LogP contribution in [0.15, 0.2) is 18.2 Å². The number of aromatic amines is 1. The summed E-state index contributed by atoms with van der Waals surface area (Å²) < 4.78 is 0. The van der Waals surface area contributed by atoms with Gasteiger partial charge in [-0.1, -0.05) is 26.0 Å². The van der Waals surface area contributed by atoms with Crippen molar-refractivity contribution >= 4 is 29.2 Å². The molecule has 4 heterocycles. The second kappa shape index (κ2) is 9.99. The molecule has 0 atom stereocenters. The van der Waals surface area contributed by atoms with Crippen LogP contribution in [0.25, 0.3) is 11.6 Å². The average molecular weight is 476 g/mol. The molecule has 35 heavy (non-hydrogen) atoms. The van der Waals surface area contributed by atoms with Crippen molar-refractivity contribution in [1.29, 1.82) is 0 Å². The van der Waals surface area contributed by atoms with Crippen LogP contribution in [-0.2, 0) is 11.2 Å². The van der Waals surface area contributed by atoms with E-state index in [1.807, 2.05) is 30.0 Å². The van der Waals surface area contributed by atoms with Gasteiger partial charge in [-0.15, -0.1) is 0 Å². The molecular formula is C28H37N5O2. The molecule has 0 spiro atoms. The number of hydrogen-bond acceptors (Lipinski definition) is 4. The predicted molar refractivity (Wildman–Crippen MR) is 141 cm³/mol. The largest absolute Gasteiger partial charge is 0.358 e. The number of nitrogens with one attached hydrogen (secondary N) is 3. The normalized spacial score (nSPS) is 19.4. The molecule has 3 aliphatic rings. The Morgan fingerprint density at radius 2 is 1.89 bits per heavy atom. The van der Waals surface area contributed by atoms with Gasteiger partial charge in [0.05, 0.1) is 11.1 Å². The fraction of sp³-hybridized carbons (Fsp3) is 0.500. The number of aromatic nitrogens is 1. The fourth-order valence-corrected chi connectivity index (χ4v) is 5.86. The summed E-state index contributed by atoms with van der Waals surface area (Å²) in [7, 11) is 0. The van der Waals surface area contributed by atoms with Gasteiger partial charge in [-0.3, -0.25) is 9.59 Å². The van der Waals surface area contributed by atoms with E-state index in [-0.39, 0.29) is 11.8 Å². The highest BCUT2D eigenvalue weighted by Gasteiger charge is 2.32. The number of piperidine rings is 1. The molecule has 7 heteroatoms. The van der Waals surface area contributed by atoms with E-state index < -0.39 is 0 Å². The number of anilines is 1. The molecule has 1 aromatic carbocycles. The minimum Gasteiger partial charge on any atom is -0.358 e. The van der Waals surface area contributed by atoms with Gasteiger partial charge in [0.15, 0.2) is 0 Å². The number of nitrogens with zero attached hydrogens (tertiary/aromatic N) is 2. The van der Waals surface area contributed by atoms with Gasteiger partial charge in [0.2, 0.25) is 0 Å². The Morgan fingerprint density at radius 1 is 1.11 bits per heavy atom. The number of rotatable bonds is 7. The Labute approximate surface area is 208 Å². The summed E-state index contributed by atoms with van der Waals surface area (Å²) >= 11 is 0. The summed E-state index contributed by atoms with van der Waals surface area (Å²) in [6, 6.07) is 6.21. The number of carbonyl (C=O) groups excluding carboxylic acids is 2. The second-order valence-corrected chi connectivity index (χ2v) is 9.89. The molecule has 2 aromatic rings. The Bertz CT molecular complexity index is 1150. The van der Waals surface area contributed by atoms with Crippen molar-refractivity contribution in [2.45, 2.75) is 46.0 Å². The number of H-pyrrole nitrogens is 1. The number of benzene rings is 1. The van der Waals surface area contributed by atoms with Crippen LogP contribution < -0.4 is 10.6 Å². The van der Waals surface area contributed by atoms with Crippen LogP contribution in [-0.4, -0.2) is 72.4 Å². The zero-order valence-corrected chi connectivity index (χ0v) is 21.2. The van der Waals surface area contributed by atoms with E-state index in [0.29, 0.717) is 11.5 Å². The minimum atomic E-state index is -0.0690. The van der Waals surface area contributed by atoms with Gasteiger partial charge in [0.25, 0.3) is 11.8 Å². The van der Waals surface area contributed by atoms with Gasteiger partial charge in [-0.25, -0.2) is 0 Å². The molecule has 7 nitrogen and oxygen atoms in total. The topological polar surface area (TPSA) is 80.5 Å². The van der Waals surface area contributed by atoms with Crippen molar-refractivity contribution in [2.75, 3.05) is 51.1 Å². The standard InChI is InChI=1S/C28H37N5O2/c1-4-32(5-2)15-16-33-14-11-23-25(28(33)35)18(3)24(30-23)17-21-26-20(19-9-12-29-13-10-19)7-6-8-22(26)31-27(21)34/h6-8,17,19,29-30H,4-5,9-16H2,1-3H3,(H,31,34). The highest BCUT2D eigenvalue weighted by atomic mass is 16.2. The monoisotopic (exact) mass is 475 g/mol. The minimum absolute atomic E-state index is 0.0690. The van der Waals surface area contributed by atoms with E-state index in [9.17, 15) is 9.59 Å². The first-order valence-corrected chi connectivity index (χ1v) is 13.1. The van der Waals surface area contributed by atoms with Gasteiger partial charge in [0.1, 0.15) is 0 Å². The summed E-state index contributed by atoms with van der Waals surface area (Å²) in [5.41, 5.74) is 7.45. The molecule has 3 N–H and O–H groups in total. The molecule has 0 unspecified atom stereocenters. The van der Waals surface area contributed by atoms with E-state index in [0.717, 1.165) is 98.8 Å². The molecule has 1 saturated heterocycles. The van der Waals surface area contributed by atoms with Crippen LogP contribution in [0.1, 0.15) is 71.0 Å². The molecule has 1 fully saturated rings. The first-order chi connectivity index (χ1) is 17.0. The first kappa shape index (κ1) is 23.8. The van der Waals surface area contributed by atoms with Crippen LogP contribution >= 0.6 is 0 Å². The van der Waals surface area contributed by atoms with Crippen LogP contribution in [0.2, 0.25) is 0 Å². The Kier molecular flexibility index (Phi) is 6.80. The molecular weight excluding hydrogens is 438 g/mol. The van der Waals surface area contributed by atoms with Gasteiger partial charge in [-0.05, 0) is 75.1 Å². The van der Waals surface area contributed by atoms with Crippen LogP contribution in [0.3, 0.4) is 0 Å². The zero-order valence-electron chi connectivity index (χ0n) is 21.2. The summed E-state index contributed by atoms with van der Waals surface area (Å²) in [6.45, 7) is 12.7. The Balaban J connectivity index is 1.45. The van der Waals surface area contributed by atoms with Gasteiger partial charge in [0, 0.05) is 48.7 Å². The van der Waals surface area contributed by atoms with Crippen molar-refractivity contribution in [3.63, 3.8) is 0 Å². The van der Waals surface area contributed by atoms with Crippen molar-refractivity contribution in [3.05, 3.63) is 51.8 Å². The lowest BCUT2D eigenvalue weighted by Crippen LogP contribution is -2.42. The number of likely N-dealkylation sites (N-methyl/N-ethyl adjacent to an activating group) is 1. The van der Waals surface area contributed by atoms with E-state index in [1.165, 1.54) is 5.56 Å². The third kappa shape index (κ3) is 4.43. The number of carbonyl (C=O) groups is 2. The van der Waals surface area contributed by atoms with E-state index >= 15 is 0 Å². The molecule has 0 radical (unpaired) electrons. The third-order valence-electron chi connectivity index (χ3n) is 8.01. The van der Waals surface area contributed by atoms with E-state index in [2.05, 4.69) is 40.4 Å². The maximum Gasteiger partial charge on any atom is 0.256 e. The fourth-order valence-electron chi connectivity index (χ4n) is 5.86. The maximum absolute atomic E-state index is 13.4. The highest BCUT2D eigenvalue weighted by Crippen LogP contribution is 2.41. The molecule has 0 saturated carbocycles. The quantitative estimate of drug-likeness (QED) is 0.535. The van der Waals surface area contributed by atoms with Crippen LogP contribution in [0.5, 0.6) is 0 Å². The summed E-state index contributed by atoms with van der Waals surface area (Å²) in [5.74, 6) is 0.477. The number of fused-ring (bicyclic) bond motifs is 2. The van der Waals surface area contributed by atoms with Crippen molar-refractivity contribution in [2.24, 2.45) is 0 Å². The first-order valence-electron chi connectivity index (χ1n) is 13.1. The second-order valence-electron chi connectivity index (χ2n) is 9.89. The van der Waals surface area contributed by atoms with Crippen LogP contribution in [0.4, 0.5) is 5.69 Å². The lowest BCUT2D eigenvalue weighted by Gasteiger charge is -2.29. The zero-order chi connectivity index (χ0) is 24.5. The van der Waals surface area contributed by atoms with Gasteiger partial charge >= 0.3 is 0 Å². The van der Waals surface area contributed by atoms with Crippen molar-refractivity contribution < 1.29 is 9.59 Å². The molecule has 0 aliphatic carbocycles. The van der Waals surface area contributed by atoms with Crippen molar-refractivity contribution in [1.82, 2.24) is 20.1 Å². The summed E-state index contributed by atoms with van der Waals surface area (Å²) in [5, 5.41) is 6.50. The number of hydrogen-bond donors (Lipinski definition) is 3. The summed E-state index contributed by atoms with van der Waals surface area (Å²) in [6.07, 6.45) is 4.93. The van der Waals surface area contributed by atoms with Crippen molar-refractivity contribution in [3.8, 4) is 0 Å². The van der Waals surface area contributed by atoms with Gasteiger partial charge in [-0.2, -0.15) is 0 Å². The molecule has 186 valence electrons. The summed E-state index contributed by atoms with van der Waals surface area (Å²) in [4.78, 5) is 34.3. The SMILES string of the molecule is CCN(CC)CCN1CCc2[nH]c(C=C3C(=O)Nc4cccc(C5CCNCC5)c43)c(C)c2C1=O. The maximum atomic E-state index is 13.4. The smallest absolute Gasteiger partial charge is 0.256 e. The molecule has 3 aliphatic heterocycles. The lowest BCUT2D eigenvalue weighted by atomic mass is 9.85. The Morgan fingerprint density at radius 3 is 2.63 bits per heavy atom. The van der Waals surface area contributed by atoms with Gasteiger partial charge < -0.3 is 25.4 Å². The molecule has 2 amide bonds. The molecule has 0 bridgehead atoms. The predicted octanol–water partition coefficient (Wildman–Crippen LogP) is 3.62. The Hall–Kier alpha value is -2.90. The third-order valence-corrected chi connectivity index (χ3v) is 8.01.